The van der Waals surface area contributed by atoms with E-state index in [-0.39, 0.29) is 22.8 Å². The molecule has 2 atom stereocenters. The molecule has 1 heterocycles. The van der Waals surface area contributed by atoms with Crippen molar-refractivity contribution in [3.05, 3.63) is 47.1 Å². The van der Waals surface area contributed by atoms with Gasteiger partial charge in [-0.25, -0.2) is 4.79 Å². The zero-order chi connectivity index (χ0) is 22.5. The van der Waals surface area contributed by atoms with E-state index in [2.05, 4.69) is 75.9 Å². The maximum absolute atomic E-state index is 11.3. The average molecular weight is 417 g/mol. The van der Waals surface area contributed by atoms with Crippen molar-refractivity contribution in [3.63, 3.8) is 0 Å². The first-order valence-electron chi connectivity index (χ1n) is 10.5. The third-order valence-corrected chi connectivity index (χ3v) is 5.29. The fourth-order valence-electron chi connectivity index (χ4n) is 3.10. The van der Waals surface area contributed by atoms with E-state index in [0.717, 1.165) is 18.4 Å². The van der Waals surface area contributed by atoms with Gasteiger partial charge in [-0.2, -0.15) is 4.98 Å². The third kappa shape index (κ3) is 7.13. The van der Waals surface area contributed by atoms with E-state index >= 15 is 0 Å². The summed E-state index contributed by atoms with van der Waals surface area (Å²) in [7, 11) is 0. The van der Waals surface area contributed by atoms with Gasteiger partial charge in [0.05, 0.1) is 0 Å². The minimum atomic E-state index is -0.863. The second-order valence-electron chi connectivity index (χ2n) is 10.0. The molecule has 30 heavy (non-hydrogen) atoms. The number of amides is 1. The Balaban J connectivity index is 2.03. The first-order valence-corrected chi connectivity index (χ1v) is 10.5. The maximum atomic E-state index is 11.3. The molecule has 166 valence electrons. The van der Waals surface area contributed by atoms with E-state index < -0.39 is 12.2 Å². The topological polar surface area (TPSA) is 117 Å². The molecule has 2 aromatic rings. The van der Waals surface area contributed by atoms with Gasteiger partial charge in [-0.15, -0.1) is 0 Å². The molecule has 0 aliphatic heterocycles. The Labute approximate surface area is 179 Å². The van der Waals surface area contributed by atoms with Gasteiger partial charge in [0.25, 0.3) is 5.89 Å². The van der Waals surface area contributed by atoms with Crippen molar-refractivity contribution in [2.45, 2.75) is 84.8 Å². The summed E-state index contributed by atoms with van der Waals surface area (Å²) in [6, 6.07) is 8.42. The first kappa shape index (κ1) is 23.9. The highest BCUT2D eigenvalue weighted by molar-refractivity contribution is 5.64. The van der Waals surface area contributed by atoms with E-state index in [1.54, 1.807) is 0 Å². The van der Waals surface area contributed by atoms with Crippen LogP contribution in [0.1, 0.15) is 89.8 Å². The Bertz CT molecular complexity index is 816. The van der Waals surface area contributed by atoms with Crippen molar-refractivity contribution in [2.75, 3.05) is 0 Å². The van der Waals surface area contributed by atoms with Crippen LogP contribution in [0, 0.1) is 5.41 Å². The zero-order valence-electron chi connectivity index (χ0n) is 19.1. The lowest BCUT2D eigenvalue weighted by molar-refractivity contribution is 0.0765. The van der Waals surface area contributed by atoms with E-state index in [9.17, 15) is 4.79 Å². The van der Waals surface area contributed by atoms with Crippen LogP contribution in [0.5, 0.6) is 0 Å². The van der Waals surface area contributed by atoms with Crippen LogP contribution in [0.2, 0.25) is 0 Å². The molecular weight excluding hydrogens is 380 g/mol. The summed E-state index contributed by atoms with van der Waals surface area (Å²) in [6.07, 6.45) is 1.07. The van der Waals surface area contributed by atoms with Crippen LogP contribution in [0.15, 0.2) is 28.8 Å². The normalized spacial score (nSPS) is 14.4. The first-order chi connectivity index (χ1) is 13.9. The lowest BCUT2D eigenvalue weighted by atomic mass is 9.84. The van der Waals surface area contributed by atoms with Crippen LogP contribution in [0.4, 0.5) is 4.79 Å². The largest absolute Gasteiger partial charge is 0.436 e. The lowest BCUT2D eigenvalue weighted by Crippen LogP contribution is -2.34. The monoisotopic (exact) mass is 416 g/mol. The average Bonchev–Trinajstić information content (AvgIpc) is 3.07. The number of ether oxygens (including phenoxy) is 1. The fourth-order valence-corrected chi connectivity index (χ4v) is 3.10. The highest BCUT2D eigenvalue weighted by Gasteiger charge is 2.25. The molecular formula is C23H36N4O3. The number of hydrogen-bond donors (Lipinski definition) is 2. The van der Waals surface area contributed by atoms with Gasteiger partial charge in [-0.05, 0) is 41.2 Å². The molecule has 2 unspecified atom stereocenters. The molecule has 7 nitrogen and oxygen atoms in total. The SMILES string of the molecule is CC(C)(C)c1ccc(Cc2noc(C(CCCC(N)C(C)(C)C)OC(N)=O)n2)cc1. The minimum absolute atomic E-state index is 0.0141. The predicted octanol–water partition coefficient (Wildman–Crippen LogP) is 4.64. The smallest absolute Gasteiger partial charge is 0.405 e. The number of primary amides is 1. The van der Waals surface area contributed by atoms with E-state index in [0.29, 0.717) is 18.7 Å². The van der Waals surface area contributed by atoms with Crippen LogP contribution in [-0.2, 0) is 16.6 Å². The predicted molar refractivity (Wildman–Crippen MR) is 117 cm³/mol. The number of nitrogens with two attached hydrogens (primary N) is 2. The molecule has 2 rings (SSSR count). The minimum Gasteiger partial charge on any atom is -0.436 e. The second kappa shape index (κ2) is 9.60. The highest BCUT2D eigenvalue weighted by Crippen LogP contribution is 2.27. The number of aromatic nitrogens is 2. The number of nitrogens with zero attached hydrogens (tertiary/aromatic N) is 2. The van der Waals surface area contributed by atoms with Gasteiger partial charge in [0.2, 0.25) is 0 Å². The Kier molecular flexibility index (Phi) is 7.64. The summed E-state index contributed by atoms with van der Waals surface area (Å²) in [6.45, 7) is 12.9. The van der Waals surface area contributed by atoms with Crippen LogP contribution in [-0.4, -0.2) is 22.3 Å². The van der Waals surface area contributed by atoms with Crippen molar-refractivity contribution >= 4 is 6.09 Å². The van der Waals surface area contributed by atoms with Gasteiger partial charge >= 0.3 is 6.09 Å². The van der Waals surface area contributed by atoms with Gasteiger partial charge in [-0.3, -0.25) is 0 Å². The standard InChI is InChI=1S/C23H36N4O3/c1-22(2,3)16-12-10-15(11-13-16)14-19-26-20(30-27-19)17(29-21(25)28)8-7-9-18(24)23(4,5)6/h10-13,17-18H,7-9,14,24H2,1-6H3,(H2,25,28). The van der Waals surface area contributed by atoms with Crippen molar-refractivity contribution in [1.29, 1.82) is 0 Å². The van der Waals surface area contributed by atoms with E-state index in [1.165, 1.54) is 5.56 Å². The van der Waals surface area contributed by atoms with E-state index in [4.69, 9.17) is 20.7 Å². The lowest BCUT2D eigenvalue weighted by Gasteiger charge is -2.27. The van der Waals surface area contributed by atoms with Crippen molar-refractivity contribution in [1.82, 2.24) is 10.1 Å². The van der Waals surface area contributed by atoms with Crippen LogP contribution >= 0.6 is 0 Å². The molecule has 0 fully saturated rings. The molecule has 7 heteroatoms. The third-order valence-electron chi connectivity index (χ3n) is 5.29. The fraction of sp³-hybridized carbons (Fsp3) is 0.609. The van der Waals surface area contributed by atoms with Crippen molar-refractivity contribution in [2.24, 2.45) is 16.9 Å². The van der Waals surface area contributed by atoms with Crippen LogP contribution in [0.3, 0.4) is 0 Å². The molecule has 0 spiro atoms. The molecule has 4 N–H and O–H groups in total. The number of benzene rings is 1. The number of carbonyl (C=O) groups excluding carboxylic acids is 1. The Hall–Kier alpha value is -2.41. The van der Waals surface area contributed by atoms with Gasteiger partial charge in [-0.1, -0.05) is 71.0 Å². The summed E-state index contributed by atoms with van der Waals surface area (Å²) in [5, 5.41) is 4.05. The molecule has 0 saturated heterocycles. The maximum Gasteiger partial charge on any atom is 0.405 e. The number of rotatable bonds is 8. The molecule has 1 aromatic heterocycles. The summed E-state index contributed by atoms with van der Waals surface area (Å²) in [5.41, 5.74) is 13.9. The summed E-state index contributed by atoms with van der Waals surface area (Å²) in [5.74, 6) is 0.803. The molecule has 0 radical (unpaired) electrons. The Morgan fingerprint density at radius 1 is 1.10 bits per heavy atom. The summed E-state index contributed by atoms with van der Waals surface area (Å²) < 4.78 is 10.6. The van der Waals surface area contributed by atoms with Gasteiger partial charge in [0.15, 0.2) is 11.9 Å². The summed E-state index contributed by atoms with van der Waals surface area (Å²) in [4.78, 5) is 15.8. The molecule has 0 saturated carbocycles. The molecule has 1 aromatic carbocycles. The van der Waals surface area contributed by atoms with Crippen LogP contribution < -0.4 is 11.5 Å². The van der Waals surface area contributed by atoms with Crippen molar-refractivity contribution in [3.8, 4) is 0 Å². The molecule has 0 aliphatic carbocycles. The summed E-state index contributed by atoms with van der Waals surface area (Å²) >= 11 is 0. The van der Waals surface area contributed by atoms with E-state index in [1.807, 2.05) is 0 Å². The molecule has 0 aliphatic rings. The van der Waals surface area contributed by atoms with Gasteiger partial charge in [0, 0.05) is 12.5 Å². The number of hydrogen-bond acceptors (Lipinski definition) is 6. The second-order valence-corrected chi connectivity index (χ2v) is 10.0. The highest BCUT2D eigenvalue weighted by atomic mass is 16.6. The Morgan fingerprint density at radius 2 is 1.73 bits per heavy atom. The Morgan fingerprint density at radius 3 is 2.27 bits per heavy atom. The van der Waals surface area contributed by atoms with Crippen molar-refractivity contribution < 1.29 is 14.1 Å². The van der Waals surface area contributed by atoms with Gasteiger partial charge < -0.3 is 20.7 Å². The van der Waals surface area contributed by atoms with Crippen LogP contribution in [0.25, 0.3) is 0 Å². The quantitative estimate of drug-likeness (QED) is 0.647. The van der Waals surface area contributed by atoms with Gasteiger partial charge in [0.1, 0.15) is 0 Å². The molecule has 0 bridgehead atoms. The zero-order valence-corrected chi connectivity index (χ0v) is 19.1. The number of carbonyl (C=O) groups is 1. The molecule has 1 amide bonds.